The minimum atomic E-state index is 0.543. The molecule has 3 aromatic rings. The number of hydrogen-bond acceptors (Lipinski definition) is 5. The van der Waals surface area contributed by atoms with Gasteiger partial charge in [-0.3, -0.25) is 9.80 Å². The molecule has 2 fully saturated rings. The average molecular weight is 360 g/mol. The molecular formula is C21H24N6. The molecule has 1 N–H and O–H groups in total. The van der Waals surface area contributed by atoms with Crippen molar-refractivity contribution in [1.82, 2.24) is 30.4 Å². The number of fused-ring (bicyclic) bond motifs is 1. The van der Waals surface area contributed by atoms with Gasteiger partial charge in [-0.2, -0.15) is 5.21 Å². The summed E-state index contributed by atoms with van der Waals surface area (Å²) in [7, 11) is 2.27. The van der Waals surface area contributed by atoms with E-state index in [4.69, 9.17) is 0 Å². The van der Waals surface area contributed by atoms with Crippen molar-refractivity contribution in [2.75, 3.05) is 26.7 Å². The van der Waals surface area contributed by atoms with E-state index in [1.807, 2.05) is 0 Å². The Morgan fingerprint density at radius 1 is 1.00 bits per heavy atom. The lowest BCUT2D eigenvalue weighted by atomic mass is 9.90. The van der Waals surface area contributed by atoms with Crippen LogP contribution in [-0.4, -0.2) is 57.1 Å². The van der Waals surface area contributed by atoms with Gasteiger partial charge in [0.15, 0.2) is 0 Å². The van der Waals surface area contributed by atoms with Crippen LogP contribution in [0.5, 0.6) is 0 Å². The predicted molar refractivity (Wildman–Crippen MR) is 104 cm³/mol. The monoisotopic (exact) mass is 360 g/mol. The third kappa shape index (κ3) is 3.15. The molecule has 0 aliphatic carbocycles. The van der Waals surface area contributed by atoms with Crippen LogP contribution in [0.25, 0.3) is 11.4 Å². The summed E-state index contributed by atoms with van der Waals surface area (Å²) in [5.74, 6) is 2.13. The highest BCUT2D eigenvalue weighted by molar-refractivity contribution is 5.54. The van der Waals surface area contributed by atoms with Crippen molar-refractivity contribution in [2.24, 2.45) is 11.8 Å². The summed E-state index contributed by atoms with van der Waals surface area (Å²) in [5.41, 5.74) is 3.79. The first-order chi connectivity index (χ1) is 13.3. The first-order valence-electron chi connectivity index (χ1n) is 9.58. The van der Waals surface area contributed by atoms with Crippen molar-refractivity contribution in [3.8, 4) is 11.4 Å². The van der Waals surface area contributed by atoms with E-state index in [-0.39, 0.29) is 0 Å². The van der Waals surface area contributed by atoms with Crippen LogP contribution in [0.4, 0.5) is 0 Å². The van der Waals surface area contributed by atoms with E-state index in [1.165, 1.54) is 30.8 Å². The van der Waals surface area contributed by atoms with E-state index in [2.05, 4.69) is 92.1 Å². The number of hydrogen-bond donors (Lipinski definition) is 1. The third-order valence-electron chi connectivity index (χ3n) is 6.07. The molecule has 5 rings (SSSR count). The molecule has 6 heteroatoms. The summed E-state index contributed by atoms with van der Waals surface area (Å²) in [6.07, 6.45) is 0. The number of nitrogens with one attached hydrogen (secondary N) is 1. The summed E-state index contributed by atoms with van der Waals surface area (Å²) in [5, 5.41) is 14.2. The third-order valence-corrected chi connectivity index (χ3v) is 6.07. The van der Waals surface area contributed by atoms with E-state index in [0.29, 0.717) is 11.9 Å². The Morgan fingerprint density at radius 2 is 1.81 bits per heavy atom. The van der Waals surface area contributed by atoms with Crippen LogP contribution in [0.3, 0.4) is 0 Å². The first kappa shape index (κ1) is 16.6. The molecule has 2 aliphatic heterocycles. The molecule has 0 unspecified atom stereocenters. The number of nitrogens with zero attached hydrogens (tertiary/aromatic N) is 5. The second-order valence-corrected chi connectivity index (χ2v) is 7.85. The second-order valence-electron chi connectivity index (χ2n) is 7.85. The molecule has 3 heterocycles. The van der Waals surface area contributed by atoms with E-state index < -0.39 is 0 Å². The zero-order valence-corrected chi connectivity index (χ0v) is 15.5. The Balaban J connectivity index is 1.27. The Kier molecular flexibility index (Phi) is 4.22. The van der Waals surface area contributed by atoms with Crippen molar-refractivity contribution in [3.63, 3.8) is 0 Å². The number of rotatable bonds is 4. The minimum Gasteiger partial charge on any atom is -0.299 e. The van der Waals surface area contributed by atoms with E-state index in [0.717, 1.165) is 23.9 Å². The van der Waals surface area contributed by atoms with Gasteiger partial charge in [0.2, 0.25) is 5.82 Å². The van der Waals surface area contributed by atoms with Crippen molar-refractivity contribution < 1.29 is 0 Å². The summed E-state index contributed by atoms with van der Waals surface area (Å²) >= 11 is 0. The van der Waals surface area contributed by atoms with Crippen LogP contribution >= 0.6 is 0 Å². The molecule has 27 heavy (non-hydrogen) atoms. The van der Waals surface area contributed by atoms with Crippen molar-refractivity contribution >= 4 is 0 Å². The first-order valence-corrected chi connectivity index (χ1v) is 9.58. The van der Waals surface area contributed by atoms with Crippen LogP contribution in [0.15, 0.2) is 54.6 Å². The average Bonchev–Trinajstić information content (AvgIpc) is 3.40. The molecular weight excluding hydrogens is 336 g/mol. The van der Waals surface area contributed by atoms with Gasteiger partial charge in [0.25, 0.3) is 0 Å². The number of H-pyrrole nitrogens is 1. The Labute approximate surface area is 159 Å². The molecule has 0 spiro atoms. The molecule has 0 radical (unpaired) electrons. The molecule has 0 amide bonds. The quantitative estimate of drug-likeness (QED) is 0.775. The summed E-state index contributed by atoms with van der Waals surface area (Å²) in [6, 6.07) is 20.1. The number of likely N-dealkylation sites (tertiary alicyclic amines) is 2. The van der Waals surface area contributed by atoms with Crippen molar-refractivity contribution in [2.45, 2.75) is 12.6 Å². The van der Waals surface area contributed by atoms with E-state index in [1.54, 1.807) is 0 Å². The van der Waals surface area contributed by atoms with Gasteiger partial charge in [-0.15, -0.1) is 10.2 Å². The SMILES string of the molecule is CN1C[C@H]2CN(Cc3ccc(-c4nn[nH]n4)cc3)C[C@H]2[C@@H]1c1ccccc1. The number of aromatic amines is 1. The summed E-state index contributed by atoms with van der Waals surface area (Å²) in [6.45, 7) is 4.55. The summed E-state index contributed by atoms with van der Waals surface area (Å²) < 4.78 is 0. The topological polar surface area (TPSA) is 60.9 Å². The molecule has 1 aromatic heterocycles. The maximum atomic E-state index is 4.04. The lowest BCUT2D eigenvalue weighted by Gasteiger charge is -2.27. The number of tetrazole rings is 1. The molecule has 0 bridgehead atoms. The van der Waals surface area contributed by atoms with Crippen LogP contribution < -0.4 is 0 Å². The normalized spacial score (nSPS) is 25.7. The highest BCUT2D eigenvalue weighted by Gasteiger charge is 2.45. The molecule has 6 nitrogen and oxygen atoms in total. The van der Waals surface area contributed by atoms with Gasteiger partial charge in [0.05, 0.1) is 0 Å². The van der Waals surface area contributed by atoms with Crippen molar-refractivity contribution in [1.29, 1.82) is 0 Å². The van der Waals surface area contributed by atoms with Gasteiger partial charge in [-0.05, 0) is 35.2 Å². The Bertz CT molecular complexity index is 877. The van der Waals surface area contributed by atoms with Gasteiger partial charge in [0, 0.05) is 37.8 Å². The van der Waals surface area contributed by atoms with Crippen LogP contribution in [-0.2, 0) is 6.54 Å². The Hall–Kier alpha value is -2.57. The fourth-order valence-electron chi connectivity index (χ4n) is 4.93. The molecule has 138 valence electrons. The van der Waals surface area contributed by atoms with Gasteiger partial charge >= 0.3 is 0 Å². The molecule has 0 saturated carbocycles. The largest absolute Gasteiger partial charge is 0.299 e. The predicted octanol–water partition coefficient (Wildman–Crippen LogP) is 2.60. The Morgan fingerprint density at radius 3 is 2.56 bits per heavy atom. The molecule has 3 atom stereocenters. The molecule has 2 saturated heterocycles. The van der Waals surface area contributed by atoms with Gasteiger partial charge in [0.1, 0.15) is 0 Å². The highest BCUT2D eigenvalue weighted by Crippen LogP contribution is 2.44. The number of benzene rings is 2. The minimum absolute atomic E-state index is 0.543. The molecule has 2 aromatic carbocycles. The van der Waals surface area contributed by atoms with Gasteiger partial charge < -0.3 is 0 Å². The number of aromatic nitrogens is 4. The molecule has 2 aliphatic rings. The van der Waals surface area contributed by atoms with E-state index in [9.17, 15) is 0 Å². The lowest BCUT2D eigenvalue weighted by Crippen LogP contribution is -2.28. The zero-order chi connectivity index (χ0) is 18.2. The maximum absolute atomic E-state index is 4.04. The lowest BCUT2D eigenvalue weighted by molar-refractivity contribution is 0.224. The standard InChI is InChI=1S/C21H24N6/c1-26-12-18-13-27(14-19(18)20(26)16-5-3-2-4-6-16)11-15-7-9-17(10-8-15)21-22-24-25-23-21/h2-10,18-20H,11-14H2,1H3,(H,22,23,24,25)/t18-,19+,20-/m0/s1. The maximum Gasteiger partial charge on any atom is 0.204 e. The van der Waals surface area contributed by atoms with Crippen LogP contribution in [0.2, 0.25) is 0 Å². The smallest absolute Gasteiger partial charge is 0.204 e. The van der Waals surface area contributed by atoms with Crippen LogP contribution in [0.1, 0.15) is 17.2 Å². The second kappa shape index (κ2) is 6.87. The van der Waals surface area contributed by atoms with Crippen molar-refractivity contribution in [3.05, 3.63) is 65.7 Å². The van der Waals surface area contributed by atoms with Gasteiger partial charge in [-0.25, -0.2) is 0 Å². The zero-order valence-electron chi connectivity index (χ0n) is 15.5. The van der Waals surface area contributed by atoms with E-state index >= 15 is 0 Å². The van der Waals surface area contributed by atoms with Gasteiger partial charge in [-0.1, -0.05) is 54.6 Å². The highest BCUT2D eigenvalue weighted by atomic mass is 15.5. The fraction of sp³-hybridized carbons (Fsp3) is 0.381. The fourth-order valence-corrected chi connectivity index (χ4v) is 4.93. The summed E-state index contributed by atoms with van der Waals surface area (Å²) in [4.78, 5) is 5.16. The van der Waals surface area contributed by atoms with Crippen LogP contribution in [0, 0.1) is 11.8 Å².